The Bertz CT molecular complexity index is 1220. The first-order chi connectivity index (χ1) is 15.8. The maximum absolute atomic E-state index is 13.1. The number of pyridine rings is 1. The van der Waals surface area contributed by atoms with Crippen LogP contribution < -0.4 is 25.8 Å². The zero-order valence-corrected chi connectivity index (χ0v) is 19.9. The van der Waals surface area contributed by atoms with Crippen LogP contribution in [0, 0.1) is 0 Å². The monoisotopic (exact) mass is 514 g/mol. The van der Waals surface area contributed by atoms with Crippen molar-refractivity contribution in [3.8, 4) is 17.2 Å². The van der Waals surface area contributed by atoms with E-state index in [4.69, 9.17) is 39.0 Å². The molecule has 182 valence electrons. The standard InChI is InChI=1S/C22H22ClF3N4O3S/c1-21(2,22(24,25)26)30-20(34)29-15-5-4-11(8-14(15)23)33-17-6-7-28-16-10-18(32-3)13(19(27)31)9-12(16)17/h4-10,19,31H,27H2,1-3H3,(H2,29,30,34). The van der Waals surface area contributed by atoms with Crippen LogP contribution in [0.5, 0.6) is 17.2 Å². The Kier molecular flexibility index (Phi) is 7.41. The quantitative estimate of drug-likeness (QED) is 0.261. The number of aromatic nitrogens is 1. The van der Waals surface area contributed by atoms with Gasteiger partial charge in [-0.1, -0.05) is 11.6 Å². The summed E-state index contributed by atoms with van der Waals surface area (Å²) in [7, 11) is 1.45. The first-order valence-corrected chi connectivity index (χ1v) is 10.6. The van der Waals surface area contributed by atoms with Crippen molar-refractivity contribution >= 4 is 45.5 Å². The van der Waals surface area contributed by atoms with Crippen LogP contribution in [0.2, 0.25) is 5.02 Å². The number of alkyl halides is 3. The number of hydrogen-bond donors (Lipinski definition) is 4. The van der Waals surface area contributed by atoms with Gasteiger partial charge >= 0.3 is 6.18 Å². The third kappa shape index (κ3) is 5.61. The average Bonchev–Trinajstić information content (AvgIpc) is 2.73. The lowest BCUT2D eigenvalue weighted by Crippen LogP contribution is -2.55. The fourth-order valence-corrected chi connectivity index (χ4v) is 3.54. The molecule has 3 aromatic rings. The maximum Gasteiger partial charge on any atom is 0.410 e. The SMILES string of the molecule is COc1cc2nccc(Oc3ccc(NC(=S)NC(C)(C)C(F)(F)F)c(Cl)c3)c2cc1C(N)O. The molecule has 12 heteroatoms. The van der Waals surface area contributed by atoms with Crippen molar-refractivity contribution in [2.24, 2.45) is 5.73 Å². The molecule has 1 unspecified atom stereocenters. The molecule has 0 aliphatic rings. The molecule has 3 rings (SSSR count). The van der Waals surface area contributed by atoms with Crippen molar-refractivity contribution in [3.63, 3.8) is 0 Å². The van der Waals surface area contributed by atoms with Gasteiger partial charge in [0.1, 0.15) is 29.0 Å². The molecule has 2 aromatic carbocycles. The Hall–Kier alpha value is -2.86. The van der Waals surface area contributed by atoms with Gasteiger partial charge in [0.2, 0.25) is 0 Å². The molecule has 0 aliphatic carbocycles. The van der Waals surface area contributed by atoms with Crippen LogP contribution in [-0.2, 0) is 0 Å². The minimum atomic E-state index is -4.50. The molecule has 1 heterocycles. The van der Waals surface area contributed by atoms with E-state index in [-0.39, 0.29) is 10.1 Å². The highest BCUT2D eigenvalue weighted by Crippen LogP contribution is 2.36. The van der Waals surface area contributed by atoms with Crippen LogP contribution in [0.4, 0.5) is 18.9 Å². The number of nitrogens with zero attached hydrogens (tertiary/aromatic N) is 1. The summed E-state index contributed by atoms with van der Waals surface area (Å²) in [5.41, 5.74) is 4.60. The summed E-state index contributed by atoms with van der Waals surface area (Å²) in [5.74, 6) is 1.14. The number of methoxy groups -OCH3 is 1. The van der Waals surface area contributed by atoms with Crippen molar-refractivity contribution < 1.29 is 27.8 Å². The van der Waals surface area contributed by atoms with Crippen molar-refractivity contribution in [1.82, 2.24) is 10.3 Å². The summed E-state index contributed by atoms with van der Waals surface area (Å²) < 4.78 is 50.4. The number of anilines is 1. The van der Waals surface area contributed by atoms with Gasteiger partial charge in [0, 0.05) is 29.3 Å². The Morgan fingerprint density at radius 1 is 1.18 bits per heavy atom. The molecule has 1 aromatic heterocycles. The number of ether oxygens (including phenoxy) is 2. The summed E-state index contributed by atoms with van der Waals surface area (Å²) in [4.78, 5) is 4.28. The number of aliphatic hydroxyl groups excluding tert-OH is 1. The van der Waals surface area contributed by atoms with Gasteiger partial charge in [-0.05, 0) is 50.3 Å². The fourth-order valence-electron chi connectivity index (χ4n) is 2.96. The van der Waals surface area contributed by atoms with Crippen molar-refractivity contribution in [1.29, 1.82) is 0 Å². The second-order valence-electron chi connectivity index (χ2n) is 7.81. The summed E-state index contributed by atoms with van der Waals surface area (Å²) in [6.45, 7) is 1.95. The first-order valence-electron chi connectivity index (χ1n) is 9.86. The smallest absolute Gasteiger partial charge is 0.410 e. The van der Waals surface area contributed by atoms with E-state index in [2.05, 4.69) is 15.6 Å². The van der Waals surface area contributed by atoms with Gasteiger partial charge in [-0.25, -0.2) is 0 Å². The van der Waals surface area contributed by atoms with Crippen molar-refractivity contribution in [2.45, 2.75) is 31.8 Å². The first kappa shape index (κ1) is 25.8. The Balaban J connectivity index is 1.83. The molecule has 0 radical (unpaired) electrons. The average molecular weight is 515 g/mol. The molecule has 0 fully saturated rings. The molecule has 0 spiro atoms. The Morgan fingerprint density at radius 2 is 1.88 bits per heavy atom. The molecule has 0 saturated carbocycles. The predicted molar refractivity (Wildman–Crippen MR) is 128 cm³/mol. The van der Waals surface area contributed by atoms with Crippen LogP contribution in [0.15, 0.2) is 42.6 Å². The number of hydrogen-bond acceptors (Lipinski definition) is 6. The lowest BCUT2D eigenvalue weighted by atomic mass is 10.1. The molecule has 34 heavy (non-hydrogen) atoms. The molecule has 0 saturated heterocycles. The molecule has 0 aliphatic heterocycles. The summed E-state index contributed by atoms with van der Waals surface area (Å²) >= 11 is 11.3. The topological polar surface area (TPSA) is 102 Å². The van der Waals surface area contributed by atoms with E-state index >= 15 is 0 Å². The summed E-state index contributed by atoms with van der Waals surface area (Å²) in [6, 6.07) is 9.44. The molecule has 0 bridgehead atoms. The number of benzene rings is 2. The van der Waals surface area contributed by atoms with Crippen molar-refractivity contribution in [3.05, 3.63) is 53.2 Å². The zero-order chi connectivity index (χ0) is 25.3. The highest BCUT2D eigenvalue weighted by Gasteiger charge is 2.47. The van der Waals surface area contributed by atoms with Gasteiger partial charge in [-0.15, -0.1) is 0 Å². The molecular weight excluding hydrogens is 493 g/mol. The third-order valence-electron chi connectivity index (χ3n) is 4.92. The Morgan fingerprint density at radius 3 is 2.47 bits per heavy atom. The van der Waals surface area contributed by atoms with E-state index in [1.54, 1.807) is 30.5 Å². The van der Waals surface area contributed by atoms with E-state index in [1.165, 1.54) is 19.2 Å². The lowest BCUT2D eigenvalue weighted by molar-refractivity contribution is -0.181. The largest absolute Gasteiger partial charge is 0.496 e. The molecular formula is C22H22ClF3N4O3S. The highest BCUT2D eigenvalue weighted by atomic mass is 35.5. The second-order valence-corrected chi connectivity index (χ2v) is 8.63. The molecule has 5 N–H and O–H groups in total. The van der Waals surface area contributed by atoms with E-state index < -0.39 is 17.9 Å². The van der Waals surface area contributed by atoms with E-state index in [1.807, 2.05) is 0 Å². The highest BCUT2D eigenvalue weighted by molar-refractivity contribution is 7.80. The third-order valence-corrected chi connectivity index (χ3v) is 5.44. The van der Waals surface area contributed by atoms with E-state index in [0.717, 1.165) is 13.8 Å². The van der Waals surface area contributed by atoms with Gasteiger partial charge in [-0.2, -0.15) is 13.2 Å². The number of nitrogens with two attached hydrogens (primary N) is 1. The van der Waals surface area contributed by atoms with Gasteiger partial charge < -0.3 is 30.9 Å². The van der Waals surface area contributed by atoms with Gasteiger partial charge in [0.05, 0.1) is 23.3 Å². The van der Waals surface area contributed by atoms with Crippen LogP contribution in [0.25, 0.3) is 10.9 Å². The summed E-state index contributed by atoms with van der Waals surface area (Å²) in [6.07, 6.45) is -4.23. The summed E-state index contributed by atoms with van der Waals surface area (Å²) in [5, 5.41) is 15.3. The van der Waals surface area contributed by atoms with Gasteiger partial charge in [0.25, 0.3) is 0 Å². The van der Waals surface area contributed by atoms with Crippen LogP contribution in [0.3, 0.4) is 0 Å². The normalized spacial score (nSPS) is 12.9. The Labute approximate surface area is 204 Å². The van der Waals surface area contributed by atoms with Crippen LogP contribution in [0.1, 0.15) is 25.6 Å². The lowest BCUT2D eigenvalue weighted by Gasteiger charge is -2.30. The predicted octanol–water partition coefficient (Wildman–Crippen LogP) is 5.27. The van der Waals surface area contributed by atoms with Crippen molar-refractivity contribution in [2.75, 3.05) is 12.4 Å². The number of thiocarbonyl (C=S) groups is 1. The van der Waals surface area contributed by atoms with Gasteiger partial charge in [-0.3, -0.25) is 4.98 Å². The molecule has 0 amide bonds. The fraction of sp³-hybridized carbons (Fsp3) is 0.273. The number of halogens is 4. The van der Waals surface area contributed by atoms with E-state index in [9.17, 15) is 18.3 Å². The second kappa shape index (κ2) is 9.79. The van der Waals surface area contributed by atoms with Gasteiger partial charge in [0.15, 0.2) is 5.11 Å². The zero-order valence-electron chi connectivity index (χ0n) is 18.3. The maximum atomic E-state index is 13.1. The number of rotatable bonds is 6. The minimum absolute atomic E-state index is 0.171. The minimum Gasteiger partial charge on any atom is -0.496 e. The van der Waals surface area contributed by atoms with Crippen LogP contribution in [-0.4, -0.2) is 34.0 Å². The molecule has 7 nitrogen and oxygen atoms in total. The number of aliphatic hydroxyl groups is 1. The number of nitrogens with one attached hydrogen (secondary N) is 2. The molecule has 1 atom stereocenters. The van der Waals surface area contributed by atoms with E-state index in [0.29, 0.717) is 39.4 Å². The number of fused-ring (bicyclic) bond motifs is 1. The van der Waals surface area contributed by atoms with Crippen LogP contribution >= 0.6 is 23.8 Å².